The first-order valence-electron chi connectivity index (χ1n) is 9.17. The van der Waals surface area contributed by atoms with Gasteiger partial charge in [0.05, 0.1) is 26.8 Å². The summed E-state index contributed by atoms with van der Waals surface area (Å²) in [5.41, 5.74) is 2.24. The Morgan fingerprint density at radius 2 is 1.82 bits per heavy atom. The smallest absolute Gasteiger partial charge is 0.270 e. The first-order chi connectivity index (χ1) is 13.7. The summed E-state index contributed by atoms with van der Waals surface area (Å²) >= 11 is 0. The lowest BCUT2D eigenvalue weighted by Crippen LogP contribution is -2.32. The molecule has 0 unspecified atom stereocenters. The summed E-state index contributed by atoms with van der Waals surface area (Å²) in [6.07, 6.45) is 5.54. The van der Waals surface area contributed by atoms with Crippen LogP contribution in [-0.2, 0) is 6.54 Å². The van der Waals surface area contributed by atoms with Crippen LogP contribution in [0.15, 0.2) is 36.7 Å². The van der Waals surface area contributed by atoms with Crippen LogP contribution in [0.1, 0.15) is 28.9 Å². The lowest BCUT2D eigenvalue weighted by Gasteiger charge is -2.21. The SMILES string of the molecule is COc1cc(OC)c2cc(C(=O)N(Cc3ccncc3)C3CC3)[nH]c2c1OC. The quantitative estimate of drug-likeness (QED) is 0.679. The minimum absolute atomic E-state index is 0.0430. The number of carbonyl (C=O) groups is 1. The fourth-order valence-corrected chi connectivity index (χ4v) is 3.44. The van der Waals surface area contributed by atoms with Crippen LogP contribution >= 0.6 is 0 Å². The van der Waals surface area contributed by atoms with Gasteiger partial charge in [0.2, 0.25) is 0 Å². The third-order valence-electron chi connectivity index (χ3n) is 5.02. The van der Waals surface area contributed by atoms with Crippen LogP contribution in [-0.4, -0.2) is 48.1 Å². The second-order valence-electron chi connectivity index (χ2n) is 6.81. The Labute approximate surface area is 163 Å². The van der Waals surface area contributed by atoms with Gasteiger partial charge in [-0.15, -0.1) is 0 Å². The zero-order valence-corrected chi connectivity index (χ0v) is 16.2. The van der Waals surface area contributed by atoms with Gasteiger partial charge in [-0.2, -0.15) is 0 Å². The van der Waals surface area contributed by atoms with E-state index in [9.17, 15) is 4.79 Å². The van der Waals surface area contributed by atoms with E-state index in [1.165, 1.54) is 0 Å². The molecule has 1 aliphatic carbocycles. The van der Waals surface area contributed by atoms with Crippen molar-refractivity contribution in [3.05, 3.63) is 47.9 Å². The monoisotopic (exact) mass is 381 g/mol. The number of aromatic nitrogens is 2. The van der Waals surface area contributed by atoms with Gasteiger partial charge in [-0.3, -0.25) is 9.78 Å². The summed E-state index contributed by atoms with van der Waals surface area (Å²) in [6, 6.07) is 7.72. The van der Waals surface area contributed by atoms with Crippen molar-refractivity contribution in [2.24, 2.45) is 0 Å². The number of pyridine rings is 1. The molecule has 0 bridgehead atoms. The van der Waals surface area contributed by atoms with Gasteiger partial charge in [-0.05, 0) is 36.6 Å². The minimum Gasteiger partial charge on any atom is -0.496 e. The average molecular weight is 381 g/mol. The molecule has 3 aromatic rings. The zero-order chi connectivity index (χ0) is 19.7. The molecule has 0 radical (unpaired) electrons. The number of rotatable bonds is 7. The molecule has 0 atom stereocenters. The summed E-state index contributed by atoms with van der Waals surface area (Å²) in [7, 11) is 4.74. The highest BCUT2D eigenvalue weighted by molar-refractivity contribution is 6.02. The van der Waals surface area contributed by atoms with Gasteiger partial charge < -0.3 is 24.1 Å². The number of carbonyl (C=O) groups excluding carboxylic acids is 1. The van der Waals surface area contributed by atoms with Crippen molar-refractivity contribution < 1.29 is 19.0 Å². The van der Waals surface area contributed by atoms with Crippen LogP contribution in [0.3, 0.4) is 0 Å². The van der Waals surface area contributed by atoms with E-state index in [2.05, 4.69) is 9.97 Å². The Morgan fingerprint density at radius 3 is 2.43 bits per heavy atom. The van der Waals surface area contributed by atoms with E-state index in [0.29, 0.717) is 35.0 Å². The third-order valence-corrected chi connectivity index (χ3v) is 5.02. The van der Waals surface area contributed by atoms with Crippen LogP contribution in [0.5, 0.6) is 17.2 Å². The van der Waals surface area contributed by atoms with E-state index in [0.717, 1.165) is 23.8 Å². The van der Waals surface area contributed by atoms with Crippen LogP contribution in [0.25, 0.3) is 10.9 Å². The molecular formula is C21H23N3O4. The van der Waals surface area contributed by atoms with E-state index < -0.39 is 0 Å². The largest absolute Gasteiger partial charge is 0.496 e. The fraction of sp³-hybridized carbons (Fsp3) is 0.333. The van der Waals surface area contributed by atoms with Crippen molar-refractivity contribution in [3.8, 4) is 17.2 Å². The molecule has 1 aromatic carbocycles. The number of ether oxygens (including phenoxy) is 3. The molecule has 0 spiro atoms. The summed E-state index contributed by atoms with van der Waals surface area (Å²) in [5, 5.41) is 0.781. The highest BCUT2D eigenvalue weighted by Gasteiger charge is 2.34. The molecule has 4 rings (SSSR count). The lowest BCUT2D eigenvalue weighted by molar-refractivity contribution is 0.0725. The molecule has 146 valence electrons. The molecule has 1 fully saturated rings. The molecule has 1 saturated carbocycles. The van der Waals surface area contributed by atoms with Gasteiger partial charge in [0.25, 0.3) is 5.91 Å². The Bertz CT molecular complexity index is 996. The number of hydrogen-bond donors (Lipinski definition) is 1. The number of nitrogens with zero attached hydrogens (tertiary/aromatic N) is 2. The summed E-state index contributed by atoms with van der Waals surface area (Å²) in [5.74, 6) is 1.67. The molecule has 7 heteroatoms. The number of aromatic amines is 1. The average Bonchev–Trinajstić information content (AvgIpc) is 3.48. The summed E-state index contributed by atoms with van der Waals surface area (Å²) in [6.45, 7) is 0.555. The van der Waals surface area contributed by atoms with Gasteiger partial charge in [0.15, 0.2) is 11.5 Å². The third kappa shape index (κ3) is 3.24. The number of hydrogen-bond acceptors (Lipinski definition) is 5. The number of nitrogens with one attached hydrogen (secondary N) is 1. The standard InChI is InChI=1S/C21H23N3O4/c1-26-17-11-18(27-2)20(28-3)19-15(17)10-16(23-19)21(25)24(14-4-5-14)12-13-6-8-22-9-7-13/h6-11,14,23H,4-5,12H2,1-3H3. The molecule has 1 aliphatic rings. The Kier molecular flexibility index (Phi) is 4.81. The Morgan fingerprint density at radius 1 is 1.11 bits per heavy atom. The maximum atomic E-state index is 13.3. The maximum absolute atomic E-state index is 13.3. The summed E-state index contributed by atoms with van der Waals surface area (Å²) < 4.78 is 16.4. The second kappa shape index (κ2) is 7.42. The van der Waals surface area contributed by atoms with E-state index in [-0.39, 0.29) is 11.9 Å². The van der Waals surface area contributed by atoms with Crippen LogP contribution < -0.4 is 14.2 Å². The number of amides is 1. The molecule has 2 aromatic heterocycles. The normalized spacial score (nSPS) is 13.4. The molecule has 7 nitrogen and oxygen atoms in total. The van der Waals surface area contributed by atoms with Crippen molar-refractivity contribution in [2.45, 2.75) is 25.4 Å². The van der Waals surface area contributed by atoms with Gasteiger partial charge in [0.1, 0.15) is 11.4 Å². The predicted molar refractivity (Wildman–Crippen MR) is 105 cm³/mol. The molecule has 1 N–H and O–H groups in total. The summed E-state index contributed by atoms with van der Waals surface area (Å²) in [4.78, 5) is 22.5. The molecule has 2 heterocycles. The Balaban J connectivity index is 1.74. The van der Waals surface area contributed by atoms with E-state index >= 15 is 0 Å². The van der Waals surface area contributed by atoms with E-state index in [1.54, 1.807) is 39.8 Å². The van der Waals surface area contributed by atoms with E-state index in [1.807, 2.05) is 23.1 Å². The second-order valence-corrected chi connectivity index (χ2v) is 6.81. The van der Waals surface area contributed by atoms with Gasteiger partial charge in [-0.25, -0.2) is 0 Å². The first-order valence-corrected chi connectivity index (χ1v) is 9.17. The van der Waals surface area contributed by atoms with Crippen molar-refractivity contribution >= 4 is 16.8 Å². The molecule has 0 saturated heterocycles. The van der Waals surface area contributed by atoms with Crippen LogP contribution in [0.4, 0.5) is 0 Å². The lowest BCUT2D eigenvalue weighted by atomic mass is 10.2. The van der Waals surface area contributed by atoms with E-state index in [4.69, 9.17) is 14.2 Å². The fourth-order valence-electron chi connectivity index (χ4n) is 3.44. The number of benzene rings is 1. The van der Waals surface area contributed by atoms with Crippen molar-refractivity contribution in [1.29, 1.82) is 0 Å². The molecular weight excluding hydrogens is 358 g/mol. The van der Waals surface area contributed by atoms with Gasteiger partial charge in [0, 0.05) is 36.4 Å². The molecule has 1 amide bonds. The van der Waals surface area contributed by atoms with Crippen molar-refractivity contribution in [3.63, 3.8) is 0 Å². The highest BCUT2D eigenvalue weighted by Crippen LogP contribution is 2.41. The number of fused-ring (bicyclic) bond motifs is 1. The topological polar surface area (TPSA) is 76.7 Å². The number of H-pyrrole nitrogens is 1. The highest BCUT2D eigenvalue weighted by atomic mass is 16.5. The van der Waals surface area contributed by atoms with Gasteiger partial charge >= 0.3 is 0 Å². The number of methoxy groups -OCH3 is 3. The molecule has 28 heavy (non-hydrogen) atoms. The first kappa shape index (κ1) is 18.2. The molecule has 0 aliphatic heterocycles. The zero-order valence-electron chi connectivity index (χ0n) is 16.2. The van der Waals surface area contributed by atoms with Gasteiger partial charge in [-0.1, -0.05) is 0 Å². The van der Waals surface area contributed by atoms with Crippen molar-refractivity contribution in [2.75, 3.05) is 21.3 Å². The van der Waals surface area contributed by atoms with Crippen LogP contribution in [0, 0.1) is 0 Å². The predicted octanol–water partition coefficient (Wildman–Crippen LogP) is 3.39. The van der Waals surface area contributed by atoms with Crippen LogP contribution in [0.2, 0.25) is 0 Å². The van der Waals surface area contributed by atoms with Crippen molar-refractivity contribution in [1.82, 2.24) is 14.9 Å². The maximum Gasteiger partial charge on any atom is 0.270 e. The minimum atomic E-state index is -0.0430. The Hall–Kier alpha value is -3.22.